The Hall–Kier alpha value is 0. The molecule has 0 heteroatoms. The fourth-order valence-corrected chi connectivity index (χ4v) is 1.50. The van der Waals surface area contributed by atoms with Crippen LogP contribution in [0.5, 0.6) is 0 Å². The second-order valence-corrected chi connectivity index (χ2v) is 4.77. The van der Waals surface area contributed by atoms with Gasteiger partial charge in [0.15, 0.2) is 0 Å². The van der Waals surface area contributed by atoms with E-state index >= 15 is 0 Å². The summed E-state index contributed by atoms with van der Waals surface area (Å²) < 4.78 is 0. The first kappa shape index (κ1) is 12.0. The summed E-state index contributed by atoms with van der Waals surface area (Å²) in [5, 5.41) is 0. The molecule has 1 radical (unpaired) electrons. The molecule has 0 aromatic rings. The molecule has 0 amide bonds. The van der Waals surface area contributed by atoms with Crippen molar-refractivity contribution in [3.05, 3.63) is 5.92 Å². The van der Waals surface area contributed by atoms with E-state index in [1.807, 2.05) is 0 Å². The first-order valence-corrected chi connectivity index (χ1v) is 5.24. The molecule has 0 heterocycles. The molecule has 12 heavy (non-hydrogen) atoms. The molecule has 0 rings (SSSR count). The maximum atomic E-state index is 2.36. The molecule has 0 saturated heterocycles. The summed E-state index contributed by atoms with van der Waals surface area (Å²) in [5.41, 5.74) is 0.441. The van der Waals surface area contributed by atoms with Crippen molar-refractivity contribution in [1.82, 2.24) is 0 Å². The maximum absolute atomic E-state index is 2.36. The van der Waals surface area contributed by atoms with Gasteiger partial charge in [-0.1, -0.05) is 54.4 Å². The van der Waals surface area contributed by atoms with E-state index in [1.54, 1.807) is 5.92 Å². The van der Waals surface area contributed by atoms with Gasteiger partial charge in [-0.25, -0.2) is 0 Å². The van der Waals surface area contributed by atoms with Crippen LogP contribution in [0.15, 0.2) is 0 Å². The molecule has 0 aromatic heterocycles. The second kappa shape index (κ2) is 4.89. The van der Waals surface area contributed by atoms with Gasteiger partial charge in [0.1, 0.15) is 0 Å². The molecule has 0 fully saturated rings. The van der Waals surface area contributed by atoms with E-state index in [0.29, 0.717) is 5.41 Å². The summed E-state index contributed by atoms with van der Waals surface area (Å²) in [5.74, 6) is 2.48. The van der Waals surface area contributed by atoms with Crippen LogP contribution in [-0.4, -0.2) is 0 Å². The summed E-state index contributed by atoms with van der Waals surface area (Å²) in [4.78, 5) is 0. The molecule has 0 aliphatic carbocycles. The predicted molar refractivity (Wildman–Crippen MR) is 57.1 cm³/mol. The van der Waals surface area contributed by atoms with Gasteiger partial charge in [0.2, 0.25) is 0 Å². The molecule has 0 aliphatic heterocycles. The van der Waals surface area contributed by atoms with Crippen molar-refractivity contribution in [2.45, 2.75) is 60.8 Å². The van der Waals surface area contributed by atoms with Crippen LogP contribution in [0.25, 0.3) is 0 Å². The van der Waals surface area contributed by atoms with Crippen LogP contribution in [-0.2, 0) is 0 Å². The number of rotatable bonds is 5. The minimum atomic E-state index is 0.441. The van der Waals surface area contributed by atoms with E-state index in [2.05, 4.69) is 41.5 Å². The fourth-order valence-electron chi connectivity index (χ4n) is 1.50. The number of hydrogen-bond acceptors (Lipinski definition) is 0. The standard InChI is InChI=1S/C12H25/c1-7-11(8-2)9-12(5,6)10(3)4/h11H,7-9H2,1-6H3. The summed E-state index contributed by atoms with van der Waals surface area (Å²) in [6.45, 7) is 13.8. The van der Waals surface area contributed by atoms with Gasteiger partial charge in [-0.15, -0.1) is 0 Å². The van der Waals surface area contributed by atoms with Gasteiger partial charge in [-0.2, -0.15) is 0 Å². The minimum Gasteiger partial charge on any atom is -0.0651 e. The van der Waals surface area contributed by atoms with Gasteiger partial charge in [0.25, 0.3) is 0 Å². The molecule has 0 N–H and O–H groups in total. The van der Waals surface area contributed by atoms with Crippen molar-refractivity contribution >= 4 is 0 Å². The molecule has 0 atom stereocenters. The van der Waals surface area contributed by atoms with E-state index in [1.165, 1.54) is 19.3 Å². The zero-order chi connectivity index (χ0) is 9.78. The summed E-state index contributed by atoms with van der Waals surface area (Å²) >= 11 is 0. The van der Waals surface area contributed by atoms with Gasteiger partial charge in [-0.3, -0.25) is 0 Å². The van der Waals surface area contributed by atoms with E-state index in [-0.39, 0.29) is 0 Å². The third-order valence-corrected chi connectivity index (χ3v) is 3.31. The average Bonchev–Trinajstić information content (AvgIpc) is 2.00. The van der Waals surface area contributed by atoms with Gasteiger partial charge >= 0.3 is 0 Å². The summed E-state index contributed by atoms with van der Waals surface area (Å²) in [6, 6.07) is 0. The maximum Gasteiger partial charge on any atom is -0.0246 e. The van der Waals surface area contributed by atoms with Crippen molar-refractivity contribution < 1.29 is 0 Å². The molecular formula is C12H25. The Labute approximate surface area is 78.8 Å². The molecular weight excluding hydrogens is 144 g/mol. The molecule has 0 saturated carbocycles. The molecule has 73 valence electrons. The molecule has 0 spiro atoms. The Kier molecular flexibility index (Phi) is 4.89. The van der Waals surface area contributed by atoms with Crippen molar-refractivity contribution in [2.75, 3.05) is 0 Å². The largest absolute Gasteiger partial charge is 0.0651 e. The highest BCUT2D eigenvalue weighted by molar-refractivity contribution is 4.95. The van der Waals surface area contributed by atoms with Gasteiger partial charge in [-0.05, 0) is 23.7 Å². The highest BCUT2D eigenvalue weighted by atomic mass is 14.3. The van der Waals surface area contributed by atoms with Gasteiger partial charge < -0.3 is 0 Å². The topological polar surface area (TPSA) is 0 Å². The second-order valence-electron chi connectivity index (χ2n) is 4.77. The van der Waals surface area contributed by atoms with Crippen LogP contribution in [0.1, 0.15) is 60.8 Å². The van der Waals surface area contributed by atoms with Crippen molar-refractivity contribution in [2.24, 2.45) is 11.3 Å². The summed E-state index contributed by atoms with van der Waals surface area (Å²) in [7, 11) is 0. The average molecular weight is 169 g/mol. The Bertz CT molecular complexity index is 107. The molecule has 0 aromatic carbocycles. The predicted octanol–water partition coefficient (Wildman–Crippen LogP) is 4.45. The van der Waals surface area contributed by atoms with Crippen molar-refractivity contribution in [3.8, 4) is 0 Å². The Morgan fingerprint density at radius 2 is 1.50 bits per heavy atom. The van der Waals surface area contributed by atoms with Crippen LogP contribution in [0, 0.1) is 17.3 Å². The number of hydrogen-bond donors (Lipinski definition) is 0. The lowest BCUT2D eigenvalue weighted by Crippen LogP contribution is -2.21. The van der Waals surface area contributed by atoms with Crippen LogP contribution in [0.2, 0.25) is 0 Å². The first-order valence-electron chi connectivity index (χ1n) is 5.24. The normalized spacial score (nSPS) is 13.0. The quantitative estimate of drug-likeness (QED) is 0.570. The summed E-state index contributed by atoms with van der Waals surface area (Å²) in [6.07, 6.45) is 4.00. The lowest BCUT2D eigenvalue weighted by atomic mass is 9.73. The van der Waals surface area contributed by atoms with Crippen molar-refractivity contribution in [1.29, 1.82) is 0 Å². The Morgan fingerprint density at radius 3 is 1.75 bits per heavy atom. The van der Waals surface area contributed by atoms with Gasteiger partial charge in [0, 0.05) is 0 Å². The first-order chi connectivity index (χ1) is 5.44. The van der Waals surface area contributed by atoms with E-state index in [9.17, 15) is 0 Å². The lowest BCUT2D eigenvalue weighted by molar-refractivity contribution is 0.272. The zero-order valence-corrected chi connectivity index (χ0v) is 9.70. The van der Waals surface area contributed by atoms with Crippen LogP contribution < -0.4 is 0 Å². The van der Waals surface area contributed by atoms with E-state index in [4.69, 9.17) is 0 Å². The highest BCUT2D eigenvalue weighted by Crippen LogP contribution is 2.36. The van der Waals surface area contributed by atoms with Crippen LogP contribution >= 0.6 is 0 Å². The minimum absolute atomic E-state index is 0.441. The third kappa shape index (κ3) is 3.60. The molecule has 0 bridgehead atoms. The van der Waals surface area contributed by atoms with Crippen LogP contribution in [0.3, 0.4) is 0 Å². The van der Waals surface area contributed by atoms with Crippen LogP contribution in [0.4, 0.5) is 0 Å². The van der Waals surface area contributed by atoms with Gasteiger partial charge in [0.05, 0.1) is 0 Å². The monoisotopic (exact) mass is 169 g/mol. The SMILES string of the molecule is CCC(CC)CC(C)(C)[C](C)C. The molecule has 0 unspecified atom stereocenters. The highest BCUT2D eigenvalue weighted by Gasteiger charge is 2.25. The zero-order valence-electron chi connectivity index (χ0n) is 9.70. The fraction of sp³-hybridized carbons (Fsp3) is 0.917. The Balaban J connectivity index is 4.02. The smallest absolute Gasteiger partial charge is 0.0246 e. The molecule has 0 nitrogen and oxygen atoms in total. The van der Waals surface area contributed by atoms with E-state index in [0.717, 1.165) is 5.92 Å². The third-order valence-electron chi connectivity index (χ3n) is 3.31. The lowest BCUT2D eigenvalue weighted by Gasteiger charge is -2.32. The van der Waals surface area contributed by atoms with Crippen molar-refractivity contribution in [3.63, 3.8) is 0 Å². The Morgan fingerprint density at radius 1 is 1.08 bits per heavy atom. The van der Waals surface area contributed by atoms with E-state index < -0.39 is 0 Å². The molecule has 0 aliphatic rings.